The second-order valence-corrected chi connectivity index (χ2v) is 5.31. The molecule has 0 radical (unpaired) electrons. The van der Waals surface area contributed by atoms with Gasteiger partial charge in [-0.3, -0.25) is 10.1 Å². The third-order valence-electron chi connectivity index (χ3n) is 3.77. The first-order chi connectivity index (χ1) is 12.1. The second-order valence-electron chi connectivity index (χ2n) is 5.31. The van der Waals surface area contributed by atoms with Gasteiger partial charge in [-0.05, 0) is 30.7 Å². The Morgan fingerprint density at radius 3 is 2.36 bits per heavy atom. The molecule has 0 N–H and O–H groups in total. The first-order valence-corrected chi connectivity index (χ1v) is 7.80. The van der Waals surface area contributed by atoms with Gasteiger partial charge in [0.15, 0.2) is 0 Å². The molecule has 0 aliphatic carbocycles. The molecule has 0 aliphatic heterocycles. The number of nitrogens with zero attached hydrogens (tertiary/aromatic N) is 2. The Morgan fingerprint density at radius 2 is 1.76 bits per heavy atom. The van der Waals surface area contributed by atoms with E-state index < -0.39 is 10.9 Å². The zero-order valence-corrected chi connectivity index (χ0v) is 13.6. The quantitative estimate of drug-likeness (QED) is 0.397. The molecule has 3 aromatic rings. The van der Waals surface area contributed by atoms with Gasteiger partial charge in [-0.15, -0.1) is 0 Å². The first-order valence-electron chi connectivity index (χ1n) is 7.80. The molecule has 0 aliphatic rings. The van der Waals surface area contributed by atoms with E-state index in [0.717, 1.165) is 11.3 Å². The number of esters is 1. The lowest BCUT2D eigenvalue weighted by molar-refractivity contribution is -0.384. The summed E-state index contributed by atoms with van der Waals surface area (Å²) in [5.74, 6) is -0.401. The summed E-state index contributed by atoms with van der Waals surface area (Å²) < 4.78 is 6.97. The highest BCUT2D eigenvalue weighted by Gasteiger charge is 2.19. The van der Waals surface area contributed by atoms with Crippen molar-refractivity contribution in [3.05, 3.63) is 82.5 Å². The number of nitro groups is 1. The molecule has 0 amide bonds. The van der Waals surface area contributed by atoms with Crippen molar-refractivity contribution in [1.29, 1.82) is 0 Å². The van der Waals surface area contributed by atoms with Crippen LogP contribution < -0.4 is 0 Å². The van der Waals surface area contributed by atoms with Crippen LogP contribution in [-0.2, 0) is 4.74 Å². The molecular weight excluding hydrogens is 320 g/mol. The first kappa shape index (κ1) is 16.4. The molecule has 1 heterocycles. The Labute approximate surface area is 144 Å². The third kappa shape index (κ3) is 3.28. The van der Waals surface area contributed by atoms with Crippen LogP contribution in [0.25, 0.3) is 16.9 Å². The van der Waals surface area contributed by atoms with Crippen molar-refractivity contribution in [3.8, 4) is 16.9 Å². The largest absolute Gasteiger partial charge is 0.462 e. The highest BCUT2D eigenvalue weighted by Crippen LogP contribution is 2.29. The zero-order chi connectivity index (χ0) is 17.8. The van der Waals surface area contributed by atoms with Crippen LogP contribution in [0.1, 0.15) is 17.3 Å². The average molecular weight is 336 g/mol. The minimum absolute atomic E-state index is 0.0165. The molecule has 3 rings (SSSR count). The van der Waals surface area contributed by atoms with Crippen LogP contribution in [0.5, 0.6) is 0 Å². The van der Waals surface area contributed by atoms with Gasteiger partial charge in [0.1, 0.15) is 0 Å². The van der Waals surface area contributed by atoms with E-state index in [1.165, 1.54) is 12.1 Å². The molecule has 2 aromatic carbocycles. The maximum atomic E-state index is 12.3. The van der Waals surface area contributed by atoms with E-state index in [0.29, 0.717) is 11.3 Å². The van der Waals surface area contributed by atoms with Crippen LogP contribution in [0.3, 0.4) is 0 Å². The molecule has 0 saturated carbocycles. The van der Waals surface area contributed by atoms with Crippen molar-refractivity contribution in [2.24, 2.45) is 0 Å². The summed E-state index contributed by atoms with van der Waals surface area (Å²) >= 11 is 0. The van der Waals surface area contributed by atoms with E-state index in [-0.39, 0.29) is 12.3 Å². The molecule has 126 valence electrons. The number of nitro benzene ring substituents is 1. The minimum Gasteiger partial charge on any atom is -0.462 e. The number of non-ortho nitro benzene ring substituents is 1. The van der Waals surface area contributed by atoms with Crippen molar-refractivity contribution >= 4 is 11.7 Å². The maximum Gasteiger partial charge on any atom is 0.340 e. The smallest absolute Gasteiger partial charge is 0.340 e. The molecule has 1 aromatic heterocycles. The van der Waals surface area contributed by atoms with Gasteiger partial charge < -0.3 is 9.30 Å². The highest BCUT2D eigenvalue weighted by molar-refractivity contribution is 5.97. The lowest BCUT2D eigenvalue weighted by Crippen LogP contribution is -2.06. The van der Waals surface area contributed by atoms with Gasteiger partial charge in [-0.2, -0.15) is 0 Å². The summed E-state index contributed by atoms with van der Waals surface area (Å²) in [6.45, 7) is 2.04. The Morgan fingerprint density at radius 1 is 1.08 bits per heavy atom. The van der Waals surface area contributed by atoms with Gasteiger partial charge >= 0.3 is 5.97 Å². The Balaban J connectivity index is 2.13. The number of benzene rings is 2. The summed E-state index contributed by atoms with van der Waals surface area (Å²) in [6, 6.07) is 17.4. The fraction of sp³-hybridized carbons (Fsp3) is 0.105. The standard InChI is InChI=1S/C19H16N2O4/c1-2-25-19(22)17-12-13-20(18(17)14-6-4-3-5-7-14)15-8-10-16(11-9-15)21(23)24/h3-13H,2H2,1H3. The summed E-state index contributed by atoms with van der Waals surface area (Å²) in [5, 5.41) is 10.8. The molecule has 6 nitrogen and oxygen atoms in total. The molecule has 25 heavy (non-hydrogen) atoms. The predicted octanol–water partition coefficient (Wildman–Crippen LogP) is 4.23. The fourth-order valence-electron chi connectivity index (χ4n) is 2.65. The van der Waals surface area contributed by atoms with E-state index in [4.69, 9.17) is 4.74 Å². The molecule has 6 heteroatoms. The van der Waals surface area contributed by atoms with Crippen molar-refractivity contribution < 1.29 is 14.5 Å². The lowest BCUT2D eigenvalue weighted by Gasteiger charge is -2.11. The monoisotopic (exact) mass is 336 g/mol. The number of hydrogen-bond acceptors (Lipinski definition) is 4. The number of aromatic nitrogens is 1. The fourth-order valence-corrected chi connectivity index (χ4v) is 2.65. The summed E-state index contributed by atoms with van der Waals surface area (Å²) in [4.78, 5) is 22.7. The molecular formula is C19H16N2O4. The zero-order valence-electron chi connectivity index (χ0n) is 13.6. The summed E-state index contributed by atoms with van der Waals surface area (Å²) in [6.07, 6.45) is 1.76. The molecule has 0 spiro atoms. The van der Waals surface area contributed by atoms with E-state index >= 15 is 0 Å². The predicted molar refractivity (Wildman–Crippen MR) is 93.8 cm³/mol. The van der Waals surface area contributed by atoms with Gasteiger partial charge in [0.2, 0.25) is 0 Å². The van der Waals surface area contributed by atoms with E-state index in [1.807, 2.05) is 34.9 Å². The Hall–Kier alpha value is -3.41. The third-order valence-corrected chi connectivity index (χ3v) is 3.77. The van der Waals surface area contributed by atoms with Crippen molar-refractivity contribution in [2.75, 3.05) is 6.61 Å². The molecule has 0 unspecified atom stereocenters. The number of carbonyl (C=O) groups is 1. The SMILES string of the molecule is CCOC(=O)c1ccn(-c2ccc([N+](=O)[O-])cc2)c1-c1ccccc1. The van der Waals surface area contributed by atoms with E-state index in [1.54, 1.807) is 31.3 Å². The minimum atomic E-state index is -0.443. The Bertz CT molecular complexity index is 899. The van der Waals surface area contributed by atoms with Crippen LogP contribution in [0.2, 0.25) is 0 Å². The molecule has 0 saturated heterocycles. The normalized spacial score (nSPS) is 10.4. The summed E-state index contributed by atoms with van der Waals surface area (Å²) in [7, 11) is 0. The van der Waals surface area contributed by atoms with E-state index in [2.05, 4.69) is 0 Å². The number of hydrogen-bond donors (Lipinski definition) is 0. The second kappa shape index (κ2) is 7.00. The van der Waals surface area contributed by atoms with Crippen molar-refractivity contribution in [2.45, 2.75) is 6.92 Å². The van der Waals surface area contributed by atoms with Crippen LogP contribution in [-0.4, -0.2) is 22.1 Å². The Kier molecular flexibility index (Phi) is 4.61. The number of carbonyl (C=O) groups excluding carboxylic acids is 1. The topological polar surface area (TPSA) is 74.4 Å². The van der Waals surface area contributed by atoms with Gasteiger partial charge in [0, 0.05) is 24.0 Å². The van der Waals surface area contributed by atoms with Gasteiger partial charge in [0.25, 0.3) is 5.69 Å². The molecule has 0 atom stereocenters. The molecule has 0 fully saturated rings. The lowest BCUT2D eigenvalue weighted by atomic mass is 10.1. The maximum absolute atomic E-state index is 12.3. The van der Waals surface area contributed by atoms with Gasteiger partial charge in [0.05, 0.1) is 22.8 Å². The highest BCUT2D eigenvalue weighted by atomic mass is 16.6. The number of rotatable bonds is 5. The van der Waals surface area contributed by atoms with Crippen LogP contribution in [0.4, 0.5) is 5.69 Å². The van der Waals surface area contributed by atoms with Crippen molar-refractivity contribution in [1.82, 2.24) is 4.57 Å². The van der Waals surface area contributed by atoms with Gasteiger partial charge in [-0.1, -0.05) is 30.3 Å². The number of ether oxygens (including phenoxy) is 1. The summed E-state index contributed by atoms with van der Waals surface area (Å²) in [5.41, 5.74) is 2.73. The van der Waals surface area contributed by atoms with E-state index in [9.17, 15) is 14.9 Å². The molecule has 0 bridgehead atoms. The van der Waals surface area contributed by atoms with Crippen LogP contribution >= 0.6 is 0 Å². The van der Waals surface area contributed by atoms with Gasteiger partial charge in [-0.25, -0.2) is 4.79 Å². The van der Waals surface area contributed by atoms with Crippen LogP contribution in [0.15, 0.2) is 66.9 Å². The van der Waals surface area contributed by atoms with Crippen molar-refractivity contribution in [3.63, 3.8) is 0 Å². The van der Waals surface area contributed by atoms with Crippen LogP contribution in [0, 0.1) is 10.1 Å². The average Bonchev–Trinajstić information content (AvgIpc) is 3.08.